The minimum Gasteiger partial charge on any atom is -0.389 e. The van der Waals surface area contributed by atoms with Gasteiger partial charge >= 0.3 is 0 Å². The summed E-state index contributed by atoms with van der Waals surface area (Å²) in [6.45, 7) is 5.57. The molecule has 4 heteroatoms. The van der Waals surface area contributed by atoms with Crippen molar-refractivity contribution in [2.24, 2.45) is 0 Å². The maximum absolute atomic E-state index is 9.51. The summed E-state index contributed by atoms with van der Waals surface area (Å²) in [5.74, 6) is 0.593. The molecule has 88 valence electrons. The standard InChI is InChI=1S/C13H15N3O/c1-8-4-5-14-12(6-8)13-15-7-11(10(3)17)9(2)16-13/h4-7,10,17H,1-3H3/t10-/m0/s1. The lowest BCUT2D eigenvalue weighted by Crippen LogP contribution is -2.02. The number of rotatable bonds is 2. The van der Waals surface area contributed by atoms with Gasteiger partial charge in [0, 0.05) is 23.7 Å². The molecule has 4 nitrogen and oxygen atoms in total. The summed E-state index contributed by atoms with van der Waals surface area (Å²) in [6.07, 6.45) is 2.85. The predicted molar refractivity (Wildman–Crippen MR) is 65.4 cm³/mol. The topological polar surface area (TPSA) is 58.9 Å². The molecule has 2 aromatic rings. The van der Waals surface area contributed by atoms with E-state index >= 15 is 0 Å². The average Bonchev–Trinajstić information content (AvgIpc) is 2.28. The Morgan fingerprint density at radius 2 is 2.00 bits per heavy atom. The first-order chi connectivity index (χ1) is 8.08. The molecule has 0 radical (unpaired) electrons. The van der Waals surface area contributed by atoms with Crippen LogP contribution >= 0.6 is 0 Å². The lowest BCUT2D eigenvalue weighted by atomic mass is 10.1. The van der Waals surface area contributed by atoms with Crippen LogP contribution in [0, 0.1) is 13.8 Å². The van der Waals surface area contributed by atoms with E-state index in [4.69, 9.17) is 0 Å². The Labute approximate surface area is 100 Å². The molecule has 0 saturated heterocycles. The van der Waals surface area contributed by atoms with Gasteiger partial charge < -0.3 is 5.11 Å². The van der Waals surface area contributed by atoms with Crippen LogP contribution in [0.1, 0.15) is 29.8 Å². The van der Waals surface area contributed by atoms with Gasteiger partial charge in [0.1, 0.15) is 5.69 Å². The van der Waals surface area contributed by atoms with E-state index in [1.165, 1.54) is 0 Å². The van der Waals surface area contributed by atoms with Gasteiger partial charge in [-0.15, -0.1) is 0 Å². The minimum atomic E-state index is -0.547. The van der Waals surface area contributed by atoms with Crippen LogP contribution in [0.5, 0.6) is 0 Å². The van der Waals surface area contributed by atoms with Gasteiger partial charge in [0.2, 0.25) is 0 Å². The summed E-state index contributed by atoms with van der Waals surface area (Å²) < 4.78 is 0. The molecule has 1 atom stereocenters. The molecule has 2 aromatic heterocycles. The molecule has 0 amide bonds. The highest BCUT2D eigenvalue weighted by Gasteiger charge is 2.09. The fraction of sp³-hybridized carbons (Fsp3) is 0.308. The summed E-state index contributed by atoms with van der Waals surface area (Å²) in [5, 5.41) is 9.51. The Kier molecular flexibility index (Phi) is 3.15. The smallest absolute Gasteiger partial charge is 0.178 e. The normalized spacial score (nSPS) is 12.5. The van der Waals surface area contributed by atoms with Crippen molar-refractivity contribution in [1.82, 2.24) is 15.0 Å². The van der Waals surface area contributed by atoms with Crippen molar-refractivity contribution in [1.29, 1.82) is 0 Å². The van der Waals surface area contributed by atoms with Gasteiger partial charge in [0.25, 0.3) is 0 Å². The van der Waals surface area contributed by atoms with Crippen molar-refractivity contribution < 1.29 is 5.11 Å². The van der Waals surface area contributed by atoms with Crippen LogP contribution in [-0.4, -0.2) is 20.1 Å². The van der Waals surface area contributed by atoms with E-state index < -0.39 is 6.10 Å². The van der Waals surface area contributed by atoms with Crippen molar-refractivity contribution in [3.8, 4) is 11.5 Å². The second-order valence-corrected chi connectivity index (χ2v) is 4.13. The maximum Gasteiger partial charge on any atom is 0.178 e. The Morgan fingerprint density at radius 1 is 1.24 bits per heavy atom. The molecule has 1 N–H and O–H groups in total. The molecule has 2 heterocycles. The molecule has 0 aliphatic rings. The third-order valence-corrected chi connectivity index (χ3v) is 2.61. The second kappa shape index (κ2) is 4.59. The summed E-state index contributed by atoms with van der Waals surface area (Å²) in [5.41, 5.74) is 3.41. The molecule has 0 fully saturated rings. The molecular formula is C13H15N3O. The lowest BCUT2D eigenvalue weighted by molar-refractivity contribution is 0.197. The third-order valence-electron chi connectivity index (χ3n) is 2.61. The minimum absolute atomic E-state index is 0.547. The van der Waals surface area contributed by atoms with Crippen LogP contribution in [0.15, 0.2) is 24.5 Å². The molecule has 0 saturated carbocycles. The van der Waals surface area contributed by atoms with E-state index in [2.05, 4.69) is 15.0 Å². The summed E-state index contributed by atoms with van der Waals surface area (Å²) >= 11 is 0. The summed E-state index contributed by atoms with van der Waals surface area (Å²) in [6, 6.07) is 3.87. The zero-order valence-corrected chi connectivity index (χ0v) is 10.2. The lowest BCUT2D eigenvalue weighted by Gasteiger charge is -2.08. The van der Waals surface area contributed by atoms with Crippen molar-refractivity contribution >= 4 is 0 Å². The first-order valence-corrected chi connectivity index (χ1v) is 5.52. The first kappa shape index (κ1) is 11.7. The molecule has 0 bridgehead atoms. The highest BCUT2D eigenvalue weighted by Crippen LogP contribution is 2.18. The van der Waals surface area contributed by atoms with Gasteiger partial charge in [-0.05, 0) is 38.5 Å². The van der Waals surface area contributed by atoms with Gasteiger partial charge in [-0.2, -0.15) is 0 Å². The van der Waals surface area contributed by atoms with Crippen LogP contribution in [0.4, 0.5) is 0 Å². The quantitative estimate of drug-likeness (QED) is 0.857. The largest absolute Gasteiger partial charge is 0.389 e. The number of aryl methyl sites for hydroxylation is 2. The predicted octanol–water partition coefficient (Wildman–Crippen LogP) is 2.21. The van der Waals surface area contributed by atoms with Crippen molar-refractivity contribution in [2.75, 3.05) is 0 Å². The van der Waals surface area contributed by atoms with E-state index in [0.29, 0.717) is 5.82 Å². The second-order valence-electron chi connectivity index (χ2n) is 4.13. The molecule has 0 aliphatic heterocycles. The fourth-order valence-corrected chi connectivity index (χ4v) is 1.67. The van der Waals surface area contributed by atoms with Crippen LogP contribution in [0.25, 0.3) is 11.5 Å². The molecule has 0 unspecified atom stereocenters. The highest BCUT2D eigenvalue weighted by atomic mass is 16.3. The Bertz CT molecular complexity index is 538. The maximum atomic E-state index is 9.51. The van der Waals surface area contributed by atoms with Crippen molar-refractivity contribution in [3.63, 3.8) is 0 Å². The Morgan fingerprint density at radius 3 is 2.59 bits per heavy atom. The van der Waals surface area contributed by atoms with E-state index in [-0.39, 0.29) is 0 Å². The SMILES string of the molecule is Cc1ccnc(-c2ncc([C@H](C)O)c(C)n2)c1. The number of aromatic nitrogens is 3. The summed E-state index contributed by atoms with van der Waals surface area (Å²) in [4.78, 5) is 12.8. The molecular weight excluding hydrogens is 214 g/mol. The van der Waals surface area contributed by atoms with Crippen molar-refractivity contribution in [3.05, 3.63) is 41.3 Å². The number of aliphatic hydroxyl groups is 1. The monoisotopic (exact) mass is 229 g/mol. The van der Waals surface area contributed by atoms with E-state index in [1.54, 1.807) is 19.3 Å². The zero-order chi connectivity index (χ0) is 12.4. The summed E-state index contributed by atoms with van der Waals surface area (Å²) in [7, 11) is 0. The van der Waals surface area contributed by atoms with Crippen molar-refractivity contribution in [2.45, 2.75) is 26.9 Å². The van der Waals surface area contributed by atoms with Gasteiger partial charge in [-0.25, -0.2) is 9.97 Å². The Hall–Kier alpha value is -1.81. The third kappa shape index (κ3) is 2.47. The highest BCUT2D eigenvalue weighted by molar-refractivity contribution is 5.50. The van der Waals surface area contributed by atoms with Crippen LogP contribution in [0.3, 0.4) is 0 Å². The van der Waals surface area contributed by atoms with Gasteiger partial charge in [0.05, 0.1) is 6.10 Å². The number of nitrogens with zero attached hydrogens (tertiary/aromatic N) is 3. The number of aliphatic hydroxyl groups excluding tert-OH is 1. The zero-order valence-electron chi connectivity index (χ0n) is 10.2. The van der Waals surface area contributed by atoms with Gasteiger partial charge in [-0.3, -0.25) is 4.98 Å². The number of hydrogen-bond donors (Lipinski definition) is 1. The molecule has 0 aromatic carbocycles. The molecule has 0 aliphatic carbocycles. The molecule has 17 heavy (non-hydrogen) atoms. The van der Waals surface area contributed by atoms with Crippen LogP contribution in [0.2, 0.25) is 0 Å². The van der Waals surface area contributed by atoms with Crippen LogP contribution in [-0.2, 0) is 0 Å². The van der Waals surface area contributed by atoms with E-state index in [1.807, 2.05) is 26.0 Å². The fourth-order valence-electron chi connectivity index (χ4n) is 1.67. The first-order valence-electron chi connectivity index (χ1n) is 5.52. The molecule has 0 spiro atoms. The average molecular weight is 229 g/mol. The Balaban J connectivity index is 2.44. The van der Waals surface area contributed by atoms with E-state index in [9.17, 15) is 5.11 Å². The van der Waals surface area contributed by atoms with E-state index in [0.717, 1.165) is 22.5 Å². The van der Waals surface area contributed by atoms with Gasteiger partial charge in [0.15, 0.2) is 5.82 Å². The number of pyridine rings is 1. The van der Waals surface area contributed by atoms with Crippen LogP contribution < -0.4 is 0 Å². The van der Waals surface area contributed by atoms with Gasteiger partial charge in [-0.1, -0.05) is 0 Å². The number of hydrogen-bond acceptors (Lipinski definition) is 4. The molecule has 2 rings (SSSR count).